The van der Waals surface area contributed by atoms with Crippen molar-refractivity contribution in [2.75, 3.05) is 30.3 Å². The maximum Gasteiger partial charge on any atom is 0.325 e. The van der Waals surface area contributed by atoms with Gasteiger partial charge in [-0.2, -0.15) is 0 Å². The average molecular weight is 600 g/mol. The van der Waals surface area contributed by atoms with Crippen LogP contribution in [-0.2, 0) is 17.8 Å². The second-order valence-electron chi connectivity index (χ2n) is 9.12. The Hall–Kier alpha value is -3.90. The van der Waals surface area contributed by atoms with Crippen LogP contribution in [0.1, 0.15) is 31.9 Å². The van der Waals surface area contributed by atoms with E-state index in [1.807, 2.05) is 6.20 Å². The fourth-order valence-corrected chi connectivity index (χ4v) is 4.43. The molecule has 0 aliphatic heterocycles. The first kappa shape index (κ1) is 29.7. The molecule has 3 N–H and O–H groups in total. The normalized spacial score (nSPS) is 11.1. The predicted molar refractivity (Wildman–Crippen MR) is 143 cm³/mol. The van der Waals surface area contributed by atoms with E-state index in [2.05, 4.69) is 58.3 Å². The Balaban J connectivity index is 0.00000420. The number of nitrogens with zero attached hydrogens (tertiary/aromatic N) is 5. The predicted octanol–water partition coefficient (Wildman–Crippen LogP) is 1.28. The molecule has 39 heavy (non-hydrogen) atoms. The molecular weight excluding hydrogens is 567 g/mol. The zero-order chi connectivity index (χ0) is 27.1. The highest BCUT2D eigenvalue weighted by atomic mass is 79.9. The van der Waals surface area contributed by atoms with E-state index in [0.717, 1.165) is 47.4 Å². The molecule has 0 radical (unpaired) electrons. The van der Waals surface area contributed by atoms with E-state index in [-0.39, 0.29) is 29.2 Å². The summed E-state index contributed by atoms with van der Waals surface area (Å²) in [7, 11) is 0. The highest BCUT2D eigenvalue weighted by molar-refractivity contribution is 6.01. The fraction of sp³-hybridized carbons (Fsp3) is 0.296. The smallest absolute Gasteiger partial charge is 0.325 e. The Labute approximate surface area is 236 Å². The third-order valence-corrected chi connectivity index (χ3v) is 6.91. The van der Waals surface area contributed by atoms with E-state index in [0.29, 0.717) is 17.1 Å². The summed E-state index contributed by atoms with van der Waals surface area (Å²) in [4.78, 5) is 24.4. The van der Waals surface area contributed by atoms with Crippen LogP contribution in [-0.4, -0.2) is 56.1 Å². The van der Waals surface area contributed by atoms with Crippen LogP contribution in [0.2, 0.25) is 0 Å². The van der Waals surface area contributed by atoms with Gasteiger partial charge in [0.1, 0.15) is 17.9 Å². The number of urea groups is 1. The number of aromatic nitrogens is 4. The fourth-order valence-electron chi connectivity index (χ4n) is 4.43. The Morgan fingerprint density at radius 2 is 1.56 bits per heavy atom. The SMILES string of the molecule is CC[N+](CC)(CC)Cc1ccn2nnnc(Nc3ccc(NC(=O)NC(=O)Cc4ccc(F)cc4)cc3)c12.[Br-]. The number of carbonyl (C=O) groups is 2. The van der Waals surface area contributed by atoms with Gasteiger partial charge in [0.25, 0.3) is 0 Å². The molecule has 2 heterocycles. The van der Waals surface area contributed by atoms with Crippen molar-refractivity contribution in [3.05, 3.63) is 77.7 Å². The third-order valence-electron chi connectivity index (χ3n) is 6.91. The van der Waals surface area contributed by atoms with Crippen molar-refractivity contribution in [2.24, 2.45) is 0 Å². The molecule has 2 aromatic heterocycles. The summed E-state index contributed by atoms with van der Waals surface area (Å²) in [6.07, 6.45) is 1.86. The van der Waals surface area contributed by atoms with Gasteiger partial charge in [-0.1, -0.05) is 12.1 Å². The topological polar surface area (TPSA) is 113 Å². The number of rotatable bonds is 10. The summed E-state index contributed by atoms with van der Waals surface area (Å²) in [5.74, 6) is -0.288. The highest BCUT2D eigenvalue weighted by Gasteiger charge is 2.24. The van der Waals surface area contributed by atoms with Crippen LogP contribution in [0.3, 0.4) is 0 Å². The molecule has 0 saturated carbocycles. The minimum atomic E-state index is -0.651. The van der Waals surface area contributed by atoms with Crippen molar-refractivity contribution >= 4 is 34.6 Å². The average Bonchev–Trinajstić information content (AvgIpc) is 3.33. The lowest BCUT2D eigenvalue weighted by Gasteiger charge is -2.35. The Morgan fingerprint density at radius 3 is 2.21 bits per heavy atom. The van der Waals surface area contributed by atoms with Crippen molar-refractivity contribution < 1.29 is 35.4 Å². The molecule has 4 rings (SSSR count). The van der Waals surface area contributed by atoms with Crippen molar-refractivity contribution in [3.63, 3.8) is 0 Å². The lowest BCUT2D eigenvalue weighted by molar-refractivity contribution is -0.936. The number of benzene rings is 2. The molecule has 206 valence electrons. The molecule has 4 aromatic rings. The molecule has 0 aliphatic rings. The van der Waals surface area contributed by atoms with Crippen LogP contribution in [0.4, 0.5) is 26.4 Å². The second kappa shape index (κ2) is 13.3. The molecule has 3 amide bonds. The molecule has 12 heteroatoms. The first-order chi connectivity index (χ1) is 18.3. The molecule has 10 nitrogen and oxygen atoms in total. The van der Waals surface area contributed by atoms with Crippen LogP contribution in [0, 0.1) is 5.82 Å². The highest BCUT2D eigenvalue weighted by Crippen LogP contribution is 2.26. The molecule has 0 unspecified atom stereocenters. The molecule has 0 bridgehead atoms. The van der Waals surface area contributed by atoms with Gasteiger partial charge in [0.2, 0.25) is 5.91 Å². The van der Waals surface area contributed by atoms with Crippen molar-refractivity contribution in [1.29, 1.82) is 0 Å². The number of carbonyl (C=O) groups excluding carboxylic acids is 2. The molecule has 0 aliphatic carbocycles. The molecule has 0 saturated heterocycles. The molecule has 0 atom stereocenters. The minimum Gasteiger partial charge on any atom is -1.00 e. The van der Waals surface area contributed by atoms with Gasteiger partial charge in [-0.15, -0.1) is 5.10 Å². The van der Waals surface area contributed by atoms with Crippen molar-refractivity contribution in [2.45, 2.75) is 33.7 Å². The Morgan fingerprint density at radius 1 is 0.923 bits per heavy atom. The summed E-state index contributed by atoms with van der Waals surface area (Å²) in [6, 6.07) is 14.0. The maximum atomic E-state index is 13.0. The summed E-state index contributed by atoms with van der Waals surface area (Å²) in [5.41, 5.74) is 3.88. The van der Waals surface area contributed by atoms with Gasteiger partial charge < -0.3 is 32.1 Å². The number of fused-ring (bicyclic) bond motifs is 1. The number of quaternary nitrogens is 1. The number of imide groups is 1. The molecule has 0 fully saturated rings. The van der Waals surface area contributed by atoms with E-state index in [1.54, 1.807) is 28.8 Å². The maximum absolute atomic E-state index is 13.0. The van der Waals surface area contributed by atoms with Gasteiger partial charge in [0.05, 0.1) is 26.1 Å². The van der Waals surface area contributed by atoms with Gasteiger partial charge in [-0.05, 0) is 79.2 Å². The molecular formula is C27H32BrFN8O2. The quantitative estimate of drug-likeness (QED) is 0.237. The van der Waals surface area contributed by atoms with Crippen LogP contribution < -0.4 is 32.9 Å². The number of halogens is 2. The van der Waals surface area contributed by atoms with E-state index in [4.69, 9.17) is 0 Å². The van der Waals surface area contributed by atoms with E-state index < -0.39 is 11.9 Å². The lowest BCUT2D eigenvalue weighted by atomic mass is 10.1. The van der Waals surface area contributed by atoms with E-state index in [1.165, 1.54) is 24.3 Å². The second-order valence-corrected chi connectivity index (χ2v) is 9.12. The third kappa shape index (κ3) is 7.36. The first-order valence-corrected chi connectivity index (χ1v) is 12.6. The van der Waals surface area contributed by atoms with Crippen LogP contribution in [0.15, 0.2) is 60.8 Å². The number of amides is 3. The van der Waals surface area contributed by atoms with E-state index in [9.17, 15) is 14.0 Å². The van der Waals surface area contributed by atoms with Crippen molar-refractivity contribution in [3.8, 4) is 0 Å². The first-order valence-electron chi connectivity index (χ1n) is 12.6. The lowest BCUT2D eigenvalue weighted by Crippen LogP contribution is -3.00. The minimum absolute atomic E-state index is 0. The largest absolute Gasteiger partial charge is 1.00 e. The van der Waals surface area contributed by atoms with Crippen LogP contribution in [0.25, 0.3) is 5.52 Å². The molecule has 2 aromatic carbocycles. The molecule has 0 spiro atoms. The summed E-state index contributed by atoms with van der Waals surface area (Å²) in [6.45, 7) is 10.6. The number of anilines is 3. The van der Waals surface area contributed by atoms with Gasteiger partial charge >= 0.3 is 6.03 Å². The van der Waals surface area contributed by atoms with Crippen LogP contribution >= 0.6 is 0 Å². The van der Waals surface area contributed by atoms with Gasteiger partial charge in [0.15, 0.2) is 5.82 Å². The van der Waals surface area contributed by atoms with Gasteiger partial charge in [0, 0.05) is 23.1 Å². The van der Waals surface area contributed by atoms with Gasteiger partial charge in [-0.25, -0.2) is 13.7 Å². The van der Waals surface area contributed by atoms with E-state index >= 15 is 0 Å². The standard InChI is InChI=1S/C27H31FN8O2.BrH/c1-4-36(5-2,6-3)18-20-15-16-35-25(20)26(32-33-34-35)29-22-11-13-23(14-12-22)30-27(38)31-24(37)17-19-7-9-21(28)10-8-19;/h7-16H,4-6,17-18H2,1-3H3,(H2-,29,30,31,32,33,34,37,38);1H. The Kier molecular flexibility index (Phi) is 10.1. The zero-order valence-electron chi connectivity index (χ0n) is 22.1. The zero-order valence-corrected chi connectivity index (χ0v) is 23.7. The monoisotopic (exact) mass is 598 g/mol. The number of nitrogens with one attached hydrogen (secondary N) is 3. The van der Waals surface area contributed by atoms with Crippen molar-refractivity contribution in [1.82, 2.24) is 25.4 Å². The van der Waals surface area contributed by atoms with Crippen LogP contribution in [0.5, 0.6) is 0 Å². The number of hydrogen-bond acceptors (Lipinski definition) is 6. The number of hydrogen-bond donors (Lipinski definition) is 3. The summed E-state index contributed by atoms with van der Waals surface area (Å²) < 4.78 is 15.7. The Bertz CT molecular complexity index is 1400. The summed E-state index contributed by atoms with van der Waals surface area (Å²) in [5, 5.41) is 20.5. The van der Waals surface area contributed by atoms with Gasteiger partial charge in [-0.3, -0.25) is 10.1 Å². The summed E-state index contributed by atoms with van der Waals surface area (Å²) >= 11 is 0.